The number of hydrogen-bond acceptors (Lipinski definition) is 8. The number of benzene rings is 3. The van der Waals surface area contributed by atoms with Gasteiger partial charge < -0.3 is 38.8 Å². The number of hydrogen-bond donors (Lipinski definition) is 2. The fourth-order valence-electron chi connectivity index (χ4n) is 4.78. The average molecular weight is 494 g/mol. The van der Waals surface area contributed by atoms with Crippen LogP contribution in [0.4, 0.5) is 5.69 Å². The van der Waals surface area contributed by atoms with E-state index in [1.54, 1.807) is 45.6 Å². The molecule has 0 bridgehead atoms. The van der Waals surface area contributed by atoms with Gasteiger partial charge in [0.25, 0.3) is 0 Å². The van der Waals surface area contributed by atoms with Crippen LogP contribution < -0.4 is 33.7 Å². The summed E-state index contributed by atoms with van der Waals surface area (Å²) in [5.74, 6) is 2.40. The summed E-state index contributed by atoms with van der Waals surface area (Å²) >= 11 is 0. The summed E-state index contributed by atoms with van der Waals surface area (Å²) < 4.78 is 34.4. The standard InChI is InChI=1S/C27H27NO8/c1-14-24(16-9-22(31-2)25(33-4)23(10-16)32-3)18-11-20-21(35-13-34-20)12-19(18)36-26(14)28-17-7-5-15(6-8-17)27(29)30/h5-12,14,24,26,28H,13H2,1-4H3,(H,29,30)/t14-,24+,26+/m1/s1. The van der Waals surface area contributed by atoms with E-state index in [9.17, 15) is 9.90 Å². The van der Waals surface area contributed by atoms with Crippen molar-refractivity contribution in [2.45, 2.75) is 19.1 Å². The molecule has 9 nitrogen and oxygen atoms in total. The lowest BCUT2D eigenvalue weighted by Gasteiger charge is -2.39. The van der Waals surface area contributed by atoms with Gasteiger partial charge in [0.2, 0.25) is 12.5 Å². The van der Waals surface area contributed by atoms with Crippen molar-refractivity contribution in [2.75, 3.05) is 33.4 Å². The van der Waals surface area contributed by atoms with E-state index >= 15 is 0 Å². The van der Waals surface area contributed by atoms with Crippen LogP contribution in [0.5, 0.6) is 34.5 Å². The monoisotopic (exact) mass is 493 g/mol. The van der Waals surface area contributed by atoms with Crippen molar-refractivity contribution in [3.8, 4) is 34.5 Å². The lowest BCUT2D eigenvalue weighted by Crippen LogP contribution is -2.40. The largest absolute Gasteiger partial charge is 0.493 e. The lowest BCUT2D eigenvalue weighted by molar-refractivity contribution is 0.0697. The molecule has 9 heteroatoms. The van der Waals surface area contributed by atoms with E-state index in [2.05, 4.69) is 12.2 Å². The molecule has 0 amide bonds. The molecular formula is C27H27NO8. The molecule has 2 N–H and O–H groups in total. The quantitative estimate of drug-likeness (QED) is 0.483. The Morgan fingerprint density at radius 2 is 1.56 bits per heavy atom. The fraction of sp³-hybridized carbons (Fsp3) is 0.296. The first-order valence-corrected chi connectivity index (χ1v) is 11.4. The van der Waals surface area contributed by atoms with Crippen molar-refractivity contribution in [3.05, 3.63) is 65.2 Å². The second-order valence-electron chi connectivity index (χ2n) is 8.60. The number of nitrogens with one attached hydrogen (secondary N) is 1. The Bertz CT molecular complexity index is 1260. The Balaban J connectivity index is 1.59. The zero-order chi connectivity index (χ0) is 25.4. The maximum absolute atomic E-state index is 11.2. The van der Waals surface area contributed by atoms with E-state index in [1.807, 2.05) is 24.3 Å². The number of aromatic carboxylic acids is 1. The zero-order valence-electron chi connectivity index (χ0n) is 20.4. The summed E-state index contributed by atoms with van der Waals surface area (Å²) in [5.41, 5.74) is 2.85. The normalized spacial score (nSPS) is 19.6. The number of carbonyl (C=O) groups is 1. The number of rotatable bonds is 7. The number of ether oxygens (including phenoxy) is 6. The molecule has 0 unspecified atom stereocenters. The topological polar surface area (TPSA) is 105 Å². The molecule has 2 aliphatic rings. The maximum atomic E-state index is 11.2. The molecule has 0 spiro atoms. The summed E-state index contributed by atoms with van der Waals surface area (Å²) in [6.07, 6.45) is -0.433. The first-order valence-electron chi connectivity index (χ1n) is 11.4. The molecule has 2 heterocycles. The molecule has 0 saturated carbocycles. The van der Waals surface area contributed by atoms with Crippen LogP contribution in [0, 0.1) is 5.92 Å². The third-order valence-corrected chi connectivity index (χ3v) is 6.58. The Morgan fingerprint density at radius 1 is 0.917 bits per heavy atom. The van der Waals surface area contributed by atoms with Crippen LogP contribution in [-0.4, -0.2) is 45.4 Å². The van der Waals surface area contributed by atoms with Gasteiger partial charge in [-0.15, -0.1) is 0 Å². The van der Waals surface area contributed by atoms with Crippen molar-refractivity contribution >= 4 is 11.7 Å². The van der Waals surface area contributed by atoms with Gasteiger partial charge in [-0.1, -0.05) is 6.92 Å². The lowest BCUT2D eigenvalue weighted by atomic mass is 9.78. The molecule has 2 aliphatic heterocycles. The number of carboxylic acids is 1. The number of anilines is 1. The smallest absolute Gasteiger partial charge is 0.335 e. The third kappa shape index (κ3) is 4.06. The number of fused-ring (bicyclic) bond motifs is 2. The second-order valence-corrected chi connectivity index (χ2v) is 8.60. The van der Waals surface area contributed by atoms with Gasteiger partial charge in [-0.25, -0.2) is 4.79 Å². The first kappa shape index (κ1) is 23.5. The molecular weight excluding hydrogens is 466 g/mol. The van der Waals surface area contributed by atoms with Gasteiger partial charge in [-0.3, -0.25) is 0 Å². The summed E-state index contributed by atoms with van der Waals surface area (Å²) in [6, 6.07) is 14.3. The van der Waals surface area contributed by atoms with Gasteiger partial charge >= 0.3 is 5.97 Å². The van der Waals surface area contributed by atoms with Crippen LogP contribution in [-0.2, 0) is 0 Å². The van der Waals surface area contributed by atoms with E-state index in [1.165, 1.54) is 0 Å². The van der Waals surface area contributed by atoms with Crippen LogP contribution in [0.25, 0.3) is 0 Å². The molecule has 188 valence electrons. The minimum atomic E-state index is -0.976. The van der Waals surface area contributed by atoms with E-state index in [0.717, 1.165) is 16.8 Å². The molecule has 36 heavy (non-hydrogen) atoms. The van der Waals surface area contributed by atoms with Crippen LogP contribution in [0.15, 0.2) is 48.5 Å². The Morgan fingerprint density at radius 3 is 2.14 bits per heavy atom. The Labute approximate surface area is 208 Å². The summed E-state index contributed by atoms with van der Waals surface area (Å²) in [5, 5.41) is 12.6. The highest BCUT2D eigenvalue weighted by molar-refractivity contribution is 5.88. The number of carboxylic acid groups (broad SMARTS) is 1. The third-order valence-electron chi connectivity index (χ3n) is 6.58. The van der Waals surface area contributed by atoms with Gasteiger partial charge in [0.05, 0.1) is 26.9 Å². The SMILES string of the molecule is COc1cc([C@H]2c3cc4c(cc3O[C@H](Nc3ccc(C(=O)O)cc3)[C@@H]2C)OCO4)cc(OC)c1OC. The van der Waals surface area contributed by atoms with Crippen LogP contribution >= 0.6 is 0 Å². The molecule has 0 fully saturated rings. The van der Waals surface area contributed by atoms with Crippen LogP contribution in [0.1, 0.15) is 34.3 Å². The summed E-state index contributed by atoms with van der Waals surface area (Å²) in [6.45, 7) is 2.24. The molecule has 3 aromatic rings. The molecule has 5 rings (SSSR count). The maximum Gasteiger partial charge on any atom is 0.335 e. The van der Waals surface area contributed by atoms with E-state index < -0.39 is 12.2 Å². The minimum Gasteiger partial charge on any atom is -0.493 e. The van der Waals surface area contributed by atoms with Crippen molar-refractivity contribution in [2.24, 2.45) is 5.92 Å². The van der Waals surface area contributed by atoms with Crippen molar-refractivity contribution in [1.82, 2.24) is 0 Å². The number of methoxy groups -OCH3 is 3. The Hall–Kier alpha value is -4.27. The molecule has 3 atom stereocenters. The van der Waals surface area contributed by atoms with E-state index in [4.69, 9.17) is 28.4 Å². The van der Waals surface area contributed by atoms with Gasteiger partial charge in [0, 0.05) is 29.2 Å². The summed E-state index contributed by atoms with van der Waals surface area (Å²) in [7, 11) is 4.75. The highest BCUT2D eigenvalue weighted by atomic mass is 16.7. The zero-order valence-corrected chi connectivity index (χ0v) is 20.4. The van der Waals surface area contributed by atoms with Crippen LogP contribution in [0.3, 0.4) is 0 Å². The second kappa shape index (κ2) is 9.41. The van der Waals surface area contributed by atoms with Crippen molar-refractivity contribution < 1.29 is 38.3 Å². The minimum absolute atomic E-state index is 0.0696. The van der Waals surface area contributed by atoms with E-state index in [0.29, 0.717) is 34.5 Å². The van der Waals surface area contributed by atoms with Gasteiger partial charge in [-0.05, 0) is 48.0 Å². The van der Waals surface area contributed by atoms with Crippen LogP contribution in [0.2, 0.25) is 0 Å². The predicted octanol–water partition coefficient (Wildman–Crippen LogP) is 4.74. The van der Waals surface area contributed by atoms with Gasteiger partial charge in [0.1, 0.15) is 5.75 Å². The predicted molar refractivity (Wildman–Crippen MR) is 131 cm³/mol. The Kier molecular flexibility index (Phi) is 6.13. The average Bonchev–Trinajstić information content (AvgIpc) is 3.34. The summed E-state index contributed by atoms with van der Waals surface area (Å²) in [4.78, 5) is 11.2. The van der Waals surface area contributed by atoms with Crippen molar-refractivity contribution in [3.63, 3.8) is 0 Å². The molecule has 3 aromatic carbocycles. The molecule has 0 aliphatic carbocycles. The van der Waals surface area contributed by atoms with Crippen molar-refractivity contribution in [1.29, 1.82) is 0 Å². The van der Waals surface area contributed by atoms with Gasteiger partial charge in [-0.2, -0.15) is 0 Å². The molecule has 0 radical (unpaired) electrons. The molecule has 0 saturated heterocycles. The molecule has 0 aromatic heterocycles. The van der Waals surface area contributed by atoms with Gasteiger partial charge in [0.15, 0.2) is 29.2 Å². The highest BCUT2D eigenvalue weighted by Gasteiger charge is 2.39. The highest BCUT2D eigenvalue weighted by Crippen LogP contribution is 2.51. The fourth-order valence-corrected chi connectivity index (χ4v) is 4.78. The van der Waals surface area contributed by atoms with E-state index in [-0.39, 0.29) is 24.2 Å². The first-order chi connectivity index (χ1) is 17.4.